The van der Waals surface area contributed by atoms with E-state index in [1.165, 1.54) is 18.6 Å². The third-order valence-electron chi connectivity index (χ3n) is 6.63. The van der Waals surface area contributed by atoms with Crippen molar-refractivity contribution in [1.82, 2.24) is 20.2 Å². The summed E-state index contributed by atoms with van der Waals surface area (Å²) in [6.45, 7) is 12.0. The van der Waals surface area contributed by atoms with E-state index in [0.717, 1.165) is 0 Å². The zero-order valence-electron chi connectivity index (χ0n) is 17.9. The second-order valence-electron chi connectivity index (χ2n) is 10.0. The minimum atomic E-state index is -1.34. The van der Waals surface area contributed by atoms with E-state index in [1.807, 2.05) is 20.8 Å². The normalized spacial score (nSPS) is 27.9. The first-order valence-electron chi connectivity index (χ1n) is 9.90. The summed E-state index contributed by atoms with van der Waals surface area (Å²) in [5.74, 6) is -0.284. The standard InChI is InChI=1S/C21H30N6O2/c1-19(2,3)16(23)18(29)27-10-12-14(20(12,4)5)15(27)17(28)26-21(6,11-22)13-9-24-7-8-25-13/h7-9,12,14-16H,10,23H2,1-6H3,(H,26,28)/t12-,14-,15-,16+,21?/m0/s1. The summed E-state index contributed by atoms with van der Waals surface area (Å²) in [5, 5.41) is 12.6. The molecule has 2 fully saturated rings. The molecular weight excluding hydrogens is 368 g/mol. The molecule has 1 saturated carbocycles. The highest BCUT2D eigenvalue weighted by Gasteiger charge is 2.69. The topological polar surface area (TPSA) is 125 Å². The molecule has 1 aromatic rings. The number of likely N-dealkylation sites (tertiary alicyclic amines) is 1. The van der Waals surface area contributed by atoms with Gasteiger partial charge in [-0.1, -0.05) is 34.6 Å². The van der Waals surface area contributed by atoms with Crippen LogP contribution in [0.3, 0.4) is 0 Å². The van der Waals surface area contributed by atoms with Crippen molar-refractivity contribution in [3.63, 3.8) is 0 Å². The predicted octanol–water partition coefficient (Wildman–Crippen LogP) is 1.19. The average Bonchev–Trinajstić information content (AvgIpc) is 3.02. The highest BCUT2D eigenvalue weighted by molar-refractivity contribution is 5.92. The van der Waals surface area contributed by atoms with E-state index in [9.17, 15) is 14.9 Å². The van der Waals surface area contributed by atoms with E-state index >= 15 is 0 Å². The minimum absolute atomic E-state index is 0.0276. The summed E-state index contributed by atoms with van der Waals surface area (Å²) in [6.07, 6.45) is 4.44. The van der Waals surface area contributed by atoms with Crippen molar-refractivity contribution in [1.29, 1.82) is 5.26 Å². The third-order valence-corrected chi connectivity index (χ3v) is 6.63. The zero-order valence-corrected chi connectivity index (χ0v) is 17.9. The molecule has 3 rings (SSSR count). The van der Waals surface area contributed by atoms with Gasteiger partial charge in [-0.15, -0.1) is 0 Å². The maximum atomic E-state index is 13.4. The van der Waals surface area contributed by atoms with Crippen LogP contribution in [0.25, 0.3) is 0 Å². The smallest absolute Gasteiger partial charge is 0.244 e. The van der Waals surface area contributed by atoms with Crippen LogP contribution in [0.5, 0.6) is 0 Å². The van der Waals surface area contributed by atoms with Gasteiger partial charge in [0.15, 0.2) is 5.54 Å². The fraction of sp³-hybridized carbons (Fsp3) is 0.667. The van der Waals surface area contributed by atoms with Crippen molar-refractivity contribution >= 4 is 11.8 Å². The molecule has 1 aliphatic heterocycles. The van der Waals surface area contributed by atoms with Gasteiger partial charge in [-0.3, -0.25) is 19.6 Å². The van der Waals surface area contributed by atoms with Crippen LogP contribution < -0.4 is 11.1 Å². The van der Waals surface area contributed by atoms with Crippen LogP contribution >= 0.6 is 0 Å². The summed E-state index contributed by atoms with van der Waals surface area (Å²) >= 11 is 0. The second-order valence-corrected chi connectivity index (χ2v) is 10.0. The highest BCUT2D eigenvalue weighted by Crippen LogP contribution is 2.65. The number of hydrogen-bond donors (Lipinski definition) is 2. The van der Waals surface area contributed by atoms with Crippen LogP contribution in [-0.2, 0) is 15.1 Å². The van der Waals surface area contributed by atoms with E-state index < -0.39 is 23.0 Å². The van der Waals surface area contributed by atoms with Crippen molar-refractivity contribution in [2.75, 3.05) is 6.54 Å². The molecule has 0 bridgehead atoms. The van der Waals surface area contributed by atoms with Gasteiger partial charge in [0, 0.05) is 18.9 Å². The molecule has 3 N–H and O–H groups in total. The van der Waals surface area contributed by atoms with Gasteiger partial charge in [-0.05, 0) is 29.6 Å². The van der Waals surface area contributed by atoms with Crippen LogP contribution in [0.1, 0.15) is 47.2 Å². The van der Waals surface area contributed by atoms with Gasteiger partial charge in [-0.2, -0.15) is 5.26 Å². The molecule has 2 aliphatic rings. The molecule has 1 saturated heterocycles. The Labute approximate surface area is 171 Å². The molecule has 0 spiro atoms. The molecule has 2 amide bonds. The van der Waals surface area contributed by atoms with Gasteiger partial charge in [0.2, 0.25) is 11.8 Å². The van der Waals surface area contributed by atoms with Gasteiger partial charge >= 0.3 is 0 Å². The molecule has 2 heterocycles. The molecule has 29 heavy (non-hydrogen) atoms. The Morgan fingerprint density at radius 2 is 2.00 bits per heavy atom. The van der Waals surface area contributed by atoms with Crippen LogP contribution in [-0.4, -0.2) is 45.3 Å². The van der Waals surface area contributed by atoms with Crippen molar-refractivity contribution in [3.8, 4) is 6.07 Å². The lowest BCUT2D eigenvalue weighted by Crippen LogP contribution is -2.58. The molecule has 1 aromatic heterocycles. The summed E-state index contributed by atoms with van der Waals surface area (Å²) < 4.78 is 0. The Morgan fingerprint density at radius 1 is 1.34 bits per heavy atom. The van der Waals surface area contributed by atoms with Crippen LogP contribution in [0, 0.1) is 34.0 Å². The summed E-state index contributed by atoms with van der Waals surface area (Å²) in [5.41, 5.74) is 4.78. The maximum Gasteiger partial charge on any atom is 0.244 e. The number of nitrogens with two attached hydrogens (primary N) is 1. The lowest BCUT2D eigenvalue weighted by Gasteiger charge is -2.36. The van der Waals surface area contributed by atoms with E-state index in [-0.39, 0.29) is 29.1 Å². The van der Waals surface area contributed by atoms with Gasteiger partial charge in [0.05, 0.1) is 24.0 Å². The monoisotopic (exact) mass is 398 g/mol. The first-order valence-corrected chi connectivity index (χ1v) is 9.90. The van der Waals surface area contributed by atoms with Gasteiger partial charge in [-0.25, -0.2) is 0 Å². The number of rotatable bonds is 4. The lowest BCUT2D eigenvalue weighted by atomic mass is 9.86. The Morgan fingerprint density at radius 3 is 2.52 bits per heavy atom. The van der Waals surface area contributed by atoms with Crippen LogP contribution in [0.4, 0.5) is 0 Å². The first kappa shape index (κ1) is 21.2. The SMILES string of the molecule is CC(C#N)(NC(=O)[C@@H]1[C@@H]2[C@H](CN1C(=O)[C@@H](N)C(C)(C)C)C2(C)C)c1cnccn1. The predicted molar refractivity (Wildman–Crippen MR) is 107 cm³/mol. The van der Waals surface area contributed by atoms with Crippen molar-refractivity contribution in [2.24, 2.45) is 28.4 Å². The quantitative estimate of drug-likeness (QED) is 0.785. The summed E-state index contributed by atoms with van der Waals surface area (Å²) in [6, 6.07) is 0.767. The molecule has 156 valence electrons. The van der Waals surface area contributed by atoms with Gasteiger partial charge in [0.25, 0.3) is 0 Å². The van der Waals surface area contributed by atoms with Gasteiger partial charge in [0.1, 0.15) is 6.04 Å². The van der Waals surface area contributed by atoms with Crippen molar-refractivity contribution in [3.05, 3.63) is 24.3 Å². The fourth-order valence-electron chi connectivity index (χ4n) is 4.39. The Hall–Kier alpha value is -2.53. The number of carbonyl (C=O) groups is 2. The molecule has 8 heteroatoms. The summed E-state index contributed by atoms with van der Waals surface area (Å²) in [4.78, 5) is 36.3. The number of amides is 2. The van der Waals surface area contributed by atoms with E-state index in [1.54, 1.807) is 11.8 Å². The van der Waals surface area contributed by atoms with Crippen LogP contribution in [0.2, 0.25) is 0 Å². The first-order chi connectivity index (χ1) is 13.3. The fourth-order valence-corrected chi connectivity index (χ4v) is 4.39. The van der Waals surface area contributed by atoms with E-state index in [2.05, 4.69) is 35.2 Å². The third kappa shape index (κ3) is 3.48. The Kier molecular flexibility index (Phi) is 4.94. The highest BCUT2D eigenvalue weighted by atomic mass is 16.2. The number of nitrogens with one attached hydrogen (secondary N) is 1. The molecule has 1 unspecified atom stereocenters. The number of fused-ring (bicyclic) bond motifs is 1. The second kappa shape index (κ2) is 6.77. The number of hydrogen-bond acceptors (Lipinski definition) is 6. The van der Waals surface area contributed by atoms with E-state index in [0.29, 0.717) is 12.2 Å². The maximum absolute atomic E-state index is 13.4. The largest absolute Gasteiger partial charge is 0.331 e. The summed E-state index contributed by atoms with van der Waals surface area (Å²) in [7, 11) is 0. The Balaban J connectivity index is 1.88. The van der Waals surface area contributed by atoms with Crippen molar-refractivity contribution in [2.45, 2.75) is 59.2 Å². The van der Waals surface area contributed by atoms with Gasteiger partial charge < -0.3 is 16.0 Å². The zero-order chi connectivity index (χ0) is 21.8. The van der Waals surface area contributed by atoms with Crippen LogP contribution in [0.15, 0.2) is 18.6 Å². The van der Waals surface area contributed by atoms with Crippen molar-refractivity contribution < 1.29 is 9.59 Å². The number of aromatic nitrogens is 2. The number of piperidine rings is 1. The minimum Gasteiger partial charge on any atom is -0.331 e. The molecule has 8 nitrogen and oxygen atoms in total. The molecular formula is C21H30N6O2. The lowest BCUT2D eigenvalue weighted by molar-refractivity contribution is -0.143. The molecule has 1 aliphatic carbocycles. The number of carbonyl (C=O) groups excluding carboxylic acids is 2. The average molecular weight is 399 g/mol. The molecule has 0 radical (unpaired) electrons. The van der Waals surface area contributed by atoms with E-state index in [4.69, 9.17) is 5.73 Å². The molecule has 0 aromatic carbocycles. The number of nitrogens with zero attached hydrogens (tertiary/aromatic N) is 4. The molecule has 5 atom stereocenters. The Bertz CT molecular complexity index is 856. The number of nitriles is 1.